The first kappa shape index (κ1) is 35.9. The SMILES string of the molecule is C=C(C)[C@@H]1CC[C@]2(C(=O)NCCN(C)C)CC[C@]3(C)[C@H](CC[C@@H]4[C@@]5(C)CC=C(c6ccc(C(=O)O)c(C(=O)O)c6)C(C)(C)[C@@H]5CC[C@]43C)[C@@H]12. The molecule has 0 bridgehead atoms. The molecule has 7 heteroatoms. The molecule has 1 aromatic rings. The molecule has 5 aliphatic carbocycles. The third-order valence-corrected chi connectivity index (χ3v) is 15.7. The number of aromatic carboxylic acids is 2. The number of carboxylic acid groups (broad SMARTS) is 2. The van der Waals surface area contributed by atoms with Crippen LogP contribution in [0, 0.1) is 56.7 Å². The van der Waals surface area contributed by atoms with E-state index in [4.69, 9.17) is 0 Å². The predicted octanol–water partition coefficient (Wildman–Crippen LogP) is 8.41. The summed E-state index contributed by atoms with van der Waals surface area (Å²) in [5.74, 6) is -0.00991. The summed E-state index contributed by atoms with van der Waals surface area (Å²) in [4.78, 5) is 40.2. The summed E-state index contributed by atoms with van der Waals surface area (Å²) in [5.41, 5.74) is 2.68. The predicted molar refractivity (Wildman–Crippen MR) is 194 cm³/mol. The largest absolute Gasteiger partial charge is 0.478 e. The van der Waals surface area contributed by atoms with Crippen LogP contribution in [0.15, 0.2) is 36.4 Å². The number of likely N-dealkylation sites (N-methyl/N-ethyl adjacent to an activating group) is 1. The second-order valence-electron chi connectivity index (χ2n) is 18.3. The van der Waals surface area contributed by atoms with Crippen LogP contribution in [0.25, 0.3) is 5.57 Å². The van der Waals surface area contributed by atoms with E-state index >= 15 is 0 Å². The number of fused-ring (bicyclic) bond motifs is 7. The first-order chi connectivity index (χ1) is 22.8. The fourth-order valence-corrected chi connectivity index (χ4v) is 13.3. The smallest absolute Gasteiger partial charge is 0.336 e. The molecule has 49 heavy (non-hydrogen) atoms. The van der Waals surface area contributed by atoms with Crippen molar-refractivity contribution in [3.05, 3.63) is 53.1 Å². The van der Waals surface area contributed by atoms with Gasteiger partial charge < -0.3 is 20.4 Å². The highest BCUT2D eigenvalue weighted by Gasteiger charge is 2.71. The van der Waals surface area contributed by atoms with Crippen molar-refractivity contribution in [2.45, 2.75) is 99.3 Å². The summed E-state index contributed by atoms with van der Waals surface area (Å²) in [7, 11) is 4.11. The third-order valence-electron chi connectivity index (χ3n) is 15.7. The number of rotatable bonds is 8. The fourth-order valence-electron chi connectivity index (χ4n) is 13.3. The Morgan fingerprint density at radius 3 is 2.20 bits per heavy atom. The van der Waals surface area contributed by atoms with Crippen LogP contribution in [0.1, 0.15) is 126 Å². The molecular formula is C42H60N2O5. The molecule has 0 spiro atoms. The van der Waals surface area contributed by atoms with E-state index in [2.05, 4.69) is 78.5 Å². The molecule has 0 aromatic heterocycles. The molecule has 0 radical (unpaired) electrons. The van der Waals surface area contributed by atoms with Crippen LogP contribution < -0.4 is 5.32 Å². The minimum Gasteiger partial charge on any atom is -0.478 e. The topological polar surface area (TPSA) is 107 Å². The van der Waals surface area contributed by atoms with Gasteiger partial charge in [-0.05, 0) is 153 Å². The lowest BCUT2D eigenvalue weighted by atomic mass is 9.32. The standard InChI is InChI=1S/C42H60N2O5/c1-25(2)27-14-19-42(37(49)43-22-23-44(8)9)21-20-40(6)31(34(27)42)12-13-33-39(5)17-15-30(38(3,4)32(39)16-18-41(33,40)7)26-10-11-28(35(45)46)29(24-26)36(47)48/h10-11,15,24,27,31-34H,1,12-14,16-23H2,2-9H3,(H,43,49)(H,45,46)(H,47,48)/t27-,31+,32-,33+,34+,39-,40+,41+,42-/m0/s1. The molecule has 4 saturated carbocycles. The molecule has 1 amide bonds. The molecule has 0 heterocycles. The number of benzene rings is 1. The van der Waals surface area contributed by atoms with Gasteiger partial charge in [0.2, 0.25) is 5.91 Å². The maximum Gasteiger partial charge on any atom is 0.336 e. The molecule has 9 atom stereocenters. The minimum absolute atomic E-state index is 0.0755. The van der Waals surface area contributed by atoms with Gasteiger partial charge in [0.25, 0.3) is 0 Å². The molecule has 3 N–H and O–H groups in total. The van der Waals surface area contributed by atoms with E-state index in [0.29, 0.717) is 36.1 Å². The second kappa shape index (κ2) is 12.1. The van der Waals surface area contributed by atoms with Gasteiger partial charge in [0.05, 0.1) is 16.5 Å². The third kappa shape index (κ3) is 5.18. The normalized spacial score (nSPS) is 39.1. The van der Waals surface area contributed by atoms with E-state index in [1.54, 1.807) is 12.1 Å². The monoisotopic (exact) mass is 672 g/mol. The van der Waals surface area contributed by atoms with Crippen molar-refractivity contribution in [1.82, 2.24) is 10.2 Å². The van der Waals surface area contributed by atoms with Crippen LogP contribution in [0.5, 0.6) is 0 Å². The Morgan fingerprint density at radius 1 is 0.878 bits per heavy atom. The highest BCUT2D eigenvalue weighted by Crippen LogP contribution is 2.77. The maximum absolute atomic E-state index is 14.2. The first-order valence-corrected chi connectivity index (χ1v) is 18.8. The van der Waals surface area contributed by atoms with Gasteiger partial charge in [0.15, 0.2) is 0 Å². The lowest BCUT2D eigenvalue weighted by Crippen LogP contribution is -2.66. The van der Waals surface area contributed by atoms with Gasteiger partial charge in [-0.2, -0.15) is 0 Å². The van der Waals surface area contributed by atoms with Crippen molar-refractivity contribution in [2.75, 3.05) is 27.2 Å². The number of hydrogen-bond donors (Lipinski definition) is 3. The van der Waals surface area contributed by atoms with Gasteiger partial charge in [-0.25, -0.2) is 9.59 Å². The summed E-state index contributed by atoms with van der Waals surface area (Å²) in [5, 5.41) is 22.9. The highest BCUT2D eigenvalue weighted by molar-refractivity contribution is 6.02. The number of carboxylic acids is 2. The van der Waals surface area contributed by atoms with Gasteiger partial charge in [0.1, 0.15) is 0 Å². The second-order valence-corrected chi connectivity index (χ2v) is 18.3. The number of allylic oxidation sites excluding steroid dienone is 3. The van der Waals surface area contributed by atoms with Crippen LogP contribution in [0.4, 0.5) is 0 Å². The van der Waals surface area contributed by atoms with Gasteiger partial charge in [-0.1, -0.05) is 58.9 Å². The molecule has 7 nitrogen and oxygen atoms in total. The Morgan fingerprint density at radius 2 is 1.57 bits per heavy atom. The molecular weight excluding hydrogens is 612 g/mol. The number of carbonyl (C=O) groups excluding carboxylic acids is 1. The summed E-state index contributed by atoms with van der Waals surface area (Å²) >= 11 is 0. The van der Waals surface area contributed by atoms with Gasteiger partial charge in [0, 0.05) is 13.1 Å². The molecule has 5 aliphatic rings. The average Bonchev–Trinajstić information content (AvgIpc) is 3.42. The Hall–Kier alpha value is -2.93. The Bertz CT molecular complexity index is 1590. The molecule has 1 aromatic carbocycles. The van der Waals surface area contributed by atoms with E-state index in [9.17, 15) is 24.6 Å². The lowest BCUT2D eigenvalue weighted by Gasteiger charge is -2.72. The number of nitrogens with one attached hydrogen (secondary N) is 1. The lowest BCUT2D eigenvalue weighted by molar-refractivity contribution is -0.225. The highest BCUT2D eigenvalue weighted by atomic mass is 16.4. The van der Waals surface area contributed by atoms with Crippen molar-refractivity contribution in [2.24, 2.45) is 56.7 Å². The average molecular weight is 673 g/mol. The van der Waals surface area contributed by atoms with E-state index in [-0.39, 0.29) is 44.1 Å². The molecule has 0 aliphatic heterocycles. The number of nitrogens with zero attached hydrogens (tertiary/aromatic N) is 1. The van der Waals surface area contributed by atoms with Gasteiger partial charge in [-0.15, -0.1) is 0 Å². The van der Waals surface area contributed by atoms with E-state index in [1.165, 1.54) is 11.6 Å². The van der Waals surface area contributed by atoms with E-state index in [0.717, 1.165) is 75.5 Å². The van der Waals surface area contributed by atoms with Gasteiger partial charge >= 0.3 is 11.9 Å². The summed E-state index contributed by atoms with van der Waals surface area (Å²) < 4.78 is 0. The maximum atomic E-state index is 14.2. The minimum atomic E-state index is -1.22. The van der Waals surface area contributed by atoms with Crippen molar-refractivity contribution < 1.29 is 24.6 Å². The van der Waals surface area contributed by atoms with Crippen LogP contribution in [0.3, 0.4) is 0 Å². The molecule has 6 rings (SSSR count). The Balaban J connectivity index is 1.34. The van der Waals surface area contributed by atoms with Crippen LogP contribution >= 0.6 is 0 Å². The van der Waals surface area contributed by atoms with Crippen molar-refractivity contribution in [1.29, 1.82) is 0 Å². The Kier molecular flexibility index (Phi) is 8.86. The van der Waals surface area contributed by atoms with E-state index < -0.39 is 11.9 Å². The zero-order valence-corrected chi connectivity index (χ0v) is 31.2. The molecule has 0 unspecified atom stereocenters. The quantitative estimate of drug-likeness (QED) is 0.240. The number of hydrogen-bond acceptors (Lipinski definition) is 4. The molecule has 0 saturated heterocycles. The number of carbonyl (C=O) groups is 3. The van der Waals surface area contributed by atoms with Crippen molar-refractivity contribution >= 4 is 23.4 Å². The Labute approximate surface area is 294 Å². The zero-order chi connectivity index (χ0) is 35.9. The summed E-state index contributed by atoms with van der Waals surface area (Å²) in [6, 6.07) is 4.83. The van der Waals surface area contributed by atoms with Crippen LogP contribution in [0.2, 0.25) is 0 Å². The van der Waals surface area contributed by atoms with Crippen molar-refractivity contribution in [3.8, 4) is 0 Å². The van der Waals surface area contributed by atoms with Crippen molar-refractivity contribution in [3.63, 3.8) is 0 Å². The van der Waals surface area contributed by atoms with E-state index in [1.807, 2.05) is 0 Å². The zero-order valence-electron chi connectivity index (χ0n) is 31.2. The molecule has 268 valence electrons. The number of amides is 1. The van der Waals surface area contributed by atoms with Crippen LogP contribution in [-0.2, 0) is 4.79 Å². The summed E-state index contributed by atoms with van der Waals surface area (Å²) in [6.45, 7) is 20.6. The van der Waals surface area contributed by atoms with Crippen LogP contribution in [-0.4, -0.2) is 60.1 Å². The van der Waals surface area contributed by atoms with Gasteiger partial charge in [-0.3, -0.25) is 4.79 Å². The summed E-state index contributed by atoms with van der Waals surface area (Å²) in [6.07, 6.45) is 11.9. The fraction of sp³-hybridized carbons (Fsp3) is 0.690. The first-order valence-electron chi connectivity index (χ1n) is 18.8. The molecule has 4 fully saturated rings.